The van der Waals surface area contributed by atoms with Crippen molar-refractivity contribution in [3.63, 3.8) is 0 Å². The van der Waals surface area contributed by atoms with Crippen molar-refractivity contribution in [1.82, 2.24) is 24.9 Å². The molecule has 0 amide bonds. The average Bonchev–Trinajstić information content (AvgIpc) is 0.815. The van der Waals surface area contributed by atoms with Gasteiger partial charge in [-0.15, -0.1) is 0 Å². The maximum Gasteiger partial charge on any atom is 0.311 e. The van der Waals surface area contributed by atoms with Crippen LogP contribution in [0, 0.1) is 15.9 Å². The lowest BCUT2D eigenvalue weighted by atomic mass is 10.1. The molecule has 0 atom stereocenters. The molecule has 28 nitrogen and oxygen atoms in total. The number of pyridine rings is 5. The molecule has 10 aromatic carbocycles. The Kier molecular flexibility index (Phi) is 35.5. The zero-order valence-electron chi connectivity index (χ0n) is 73.0. The lowest BCUT2D eigenvalue weighted by molar-refractivity contribution is -0.385. The van der Waals surface area contributed by atoms with Gasteiger partial charge in [0.2, 0.25) is 5.75 Å². The van der Waals surface area contributed by atoms with E-state index < -0.39 is 10.7 Å². The Labute approximate surface area is 780 Å². The van der Waals surface area contributed by atoms with Crippen molar-refractivity contribution in [2.45, 2.75) is 0 Å². The molecule has 0 spiro atoms. The van der Waals surface area contributed by atoms with Crippen LogP contribution in [0.5, 0.6) is 51.7 Å². The van der Waals surface area contributed by atoms with Crippen molar-refractivity contribution < 1.29 is 77.4 Å². The van der Waals surface area contributed by atoms with Gasteiger partial charge in [0, 0.05) is 132 Å². The first-order valence-electron chi connectivity index (χ1n) is 40.9. The Morgan fingerprint density at radius 3 is 0.904 bits per heavy atom. The molecule has 0 fully saturated rings. The number of anilines is 11. The van der Waals surface area contributed by atoms with E-state index in [0.717, 1.165) is 33.8 Å². The first-order valence-corrected chi connectivity index (χ1v) is 41.3. The predicted molar refractivity (Wildman–Crippen MR) is 524 cm³/mol. The number of aromatic hydroxyl groups is 4. The number of aromatic nitrogens is 5. The quantitative estimate of drug-likeness (QED) is 0.00482. The molecule has 0 saturated carbocycles. The number of carbonyl (C=O) groups excluding carboxylic acids is 5. The Morgan fingerprint density at radius 2 is 0.615 bits per heavy atom. The number of ether oxygens (including phenoxy) is 5. The Hall–Kier alpha value is -18.4. The number of nitro benzene ring substituents is 1. The number of ketones is 5. The number of allylic oxidation sites excluding steroid dienone is 5. The number of nitrogen functional groups attached to an aromatic ring is 1. The van der Waals surface area contributed by atoms with Crippen LogP contribution in [0.15, 0.2) is 346 Å². The summed E-state index contributed by atoms with van der Waals surface area (Å²) in [6.45, 7) is 0. The van der Waals surface area contributed by atoms with E-state index in [1.807, 2.05) is 24.3 Å². The smallest absolute Gasteiger partial charge is 0.311 e. The number of phenols is 4. The number of hydrogen-bond acceptors (Lipinski definition) is 27. The van der Waals surface area contributed by atoms with Gasteiger partial charge in [0.15, 0.2) is 46.2 Å². The molecule has 678 valence electrons. The highest BCUT2D eigenvalue weighted by molar-refractivity contribution is 6.30. The van der Waals surface area contributed by atoms with E-state index in [1.54, 1.807) is 299 Å². The number of carbonyl (C=O) groups is 5. The van der Waals surface area contributed by atoms with Crippen LogP contribution in [0.25, 0.3) is 30.4 Å². The highest BCUT2D eigenvalue weighted by atomic mass is 35.5. The largest absolute Gasteiger partial charge is 0.508 e. The molecule has 5 heterocycles. The van der Waals surface area contributed by atoms with Crippen LogP contribution in [0.3, 0.4) is 0 Å². The Balaban J connectivity index is 0.000000163. The molecular formula is C105H88ClFN12O16. The van der Waals surface area contributed by atoms with Crippen molar-refractivity contribution in [3.8, 4) is 51.7 Å². The fraction of sp³-hybridized carbons (Fsp3) is 0.0476. The van der Waals surface area contributed by atoms with Crippen LogP contribution in [-0.4, -0.2) is 115 Å². The summed E-state index contributed by atoms with van der Waals surface area (Å²) in [5.74, 6) is 4.36. The summed E-state index contributed by atoms with van der Waals surface area (Å²) in [4.78, 5) is 94.1. The van der Waals surface area contributed by atoms with Crippen LogP contribution in [0.4, 0.5) is 73.3 Å². The van der Waals surface area contributed by atoms with E-state index >= 15 is 0 Å². The minimum absolute atomic E-state index is 0.0863. The SMILES string of the molecule is COc1cc(C(=O)/C=C/c2cccnc2Nc2ccc(F)cc2)cc(OC)c1OC.COc1ccc(C(=O)/C=C/c2cccnc2Nc2ccc(O)cc2)cc1.COc1ccc(C(=O)/C=C/c2cccnc2Nc2ccc(O)cc2)cc1[N+](=O)[O-].Nc1ccc(C(=O)/C=C/c2cccnc2Nc2ccc(O)cc2)cc1.O=C(/C=C/c1cccnc1Nc1ccc(O)cc1)c1ccc(Cl)cc1. The number of rotatable bonds is 31. The number of halogens is 2. The molecule has 15 rings (SSSR count). The maximum absolute atomic E-state index is 13.1. The standard InChI is InChI=1S/C23H21FN2O4.C21H17N3O5.C21H18N2O3.C20H15ClN2O2.C20H17N3O2/c1-28-20-13-16(14-21(29-2)22(20)30-3)19(27)11-6-15-5-4-12-25-23(15)26-18-9-7-17(24)8-10-18;1-29-20-11-5-15(13-18(20)24(27)28)19(26)10-4-14-3-2-12-22-21(14)23-16-6-8-17(25)9-7-16;1-26-19-11-4-15(5-12-19)20(25)13-6-16-3-2-14-22-21(16)23-17-7-9-18(24)10-8-17;2*21-16-6-3-14(4-7-16)19(25)12-5-15-2-1-13-22-20(15)23-17-8-10-18(24)11-9-17/h4-14H,1-3H3,(H,25,26);2-13,25H,1H3,(H,22,23);2-14,24H,1H3,(H,22,23);1-13,24H,(H,22,23);1-13,24H,21H2,(H,22,23)/b11-6+;10-4+;13-6+;2*12-5+. The van der Waals surface area contributed by atoms with Gasteiger partial charge in [-0.25, -0.2) is 29.3 Å². The lowest BCUT2D eigenvalue weighted by Gasteiger charge is -2.13. The second-order valence-corrected chi connectivity index (χ2v) is 28.9. The van der Waals surface area contributed by atoms with Crippen LogP contribution in [-0.2, 0) is 0 Å². The second-order valence-electron chi connectivity index (χ2n) is 28.4. The molecule has 0 radical (unpaired) electrons. The number of nitrogens with two attached hydrogens (primary N) is 1. The summed E-state index contributed by atoms with van der Waals surface area (Å²) < 4.78 is 39.0. The fourth-order valence-electron chi connectivity index (χ4n) is 12.2. The van der Waals surface area contributed by atoms with Crippen molar-refractivity contribution >= 4 is 140 Å². The third kappa shape index (κ3) is 29.6. The monoisotopic (exact) mass is 1830 g/mol. The summed E-state index contributed by atoms with van der Waals surface area (Å²) in [5, 5.41) is 64.9. The van der Waals surface area contributed by atoms with E-state index in [-0.39, 0.29) is 68.9 Å². The van der Waals surface area contributed by atoms with Crippen molar-refractivity contribution in [2.24, 2.45) is 0 Å². The van der Waals surface area contributed by atoms with Crippen LogP contribution in [0.1, 0.15) is 79.6 Å². The summed E-state index contributed by atoms with van der Waals surface area (Å²) >= 11 is 5.84. The fourth-order valence-corrected chi connectivity index (χ4v) is 12.3. The van der Waals surface area contributed by atoms with E-state index in [9.17, 15) is 58.9 Å². The number of benzene rings is 10. The van der Waals surface area contributed by atoms with Gasteiger partial charge < -0.3 is 76.4 Å². The molecule has 5 aromatic heterocycles. The van der Waals surface area contributed by atoms with Gasteiger partial charge in [0.05, 0.1) is 40.5 Å². The van der Waals surface area contributed by atoms with Gasteiger partial charge in [-0.3, -0.25) is 34.1 Å². The van der Waals surface area contributed by atoms with E-state index in [4.69, 9.17) is 41.0 Å². The minimum Gasteiger partial charge on any atom is -0.508 e. The summed E-state index contributed by atoms with van der Waals surface area (Å²) in [7, 11) is 7.39. The molecule has 0 bridgehead atoms. The van der Waals surface area contributed by atoms with Gasteiger partial charge in [-0.1, -0.05) is 11.6 Å². The van der Waals surface area contributed by atoms with Gasteiger partial charge in [0.1, 0.15) is 63.7 Å². The first-order chi connectivity index (χ1) is 65.4. The van der Waals surface area contributed by atoms with Gasteiger partial charge in [-0.2, -0.15) is 0 Å². The van der Waals surface area contributed by atoms with Crippen LogP contribution >= 0.6 is 11.6 Å². The Morgan fingerprint density at radius 1 is 0.341 bits per heavy atom. The molecule has 15 aromatic rings. The number of phenolic OH excluding ortho intramolecular Hbond substituents is 4. The molecule has 0 aliphatic carbocycles. The average molecular weight is 1830 g/mol. The molecule has 135 heavy (non-hydrogen) atoms. The topological polar surface area (TPSA) is 406 Å². The summed E-state index contributed by atoms with van der Waals surface area (Å²) in [6.07, 6.45) is 23.9. The number of nitro groups is 1. The van der Waals surface area contributed by atoms with E-state index in [1.165, 1.54) is 89.2 Å². The molecule has 0 aliphatic rings. The summed E-state index contributed by atoms with van der Waals surface area (Å²) in [5.41, 5.74) is 15.7. The van der Waals surface area contributed by atoms with E-state index in [2.05, 4.69) is 51.5 Å². The minimum atomic E-state index is -0.597. The third-order valence-electron chi connectivity index (χ3n) is 19.2. The highest BCUT2D eigenvalue weighted by Crippen LogP contribution is 2.39. The summed E-state index contributed by atoms with van der Waals surface area (Å²) in [6, 6.07) is 78.2. The maximum atomic E-state index is 13.1. The number of methoxy groups -OCH3 is 5. The van der Waals surface area contributed by atoms with Gasteiger partial charge >= 0.3 is 5.69 Å². The normalized spacial score (nSPS) is 10.7. The molecule has 0 aliphatic heterocycles. The van der Waals surface area contributed by atoms with Gasteiger partial charge in [-0.05, 0) is 340 Å². The van der Waals surface area contributed by atoms with Crippen LogP contribution in [0.2, 0.25) is 5.02 Å². The third-order valence-corrected chi connectivity index (χ3v) is 19.5. The number of hydrogen-bond donors (Lipinski definition) is 10. The first kappa shape index (κ1) is 97.2. The predicted octanol–water partition coefficient (Wildman–Crippen LogP) is 22.8. The molecule has 30 heteroatoms. The van der Waals surface area contributed by atoms with Crippen LogP contribution < -0.4 is 56.0 Å². The lowest BCUT2D eigenvalue weighted by Crippen LogP contribution is -2.01. The van der Waals surface area contributed by atoms with Crippen molar-refractivity contribution in [2.75, 3.05) is 67.9 Å². The Bertz CT molecular complexity index is 6580. The second kappa shape index (κ2) is 49.2. The van der Waals surface area contributed by atoms with E-state index in [0.29, 0.717) is 108 Å². The number of nitrogens with zero attached hydrogens (tertiary/aromatic N) is 6. The molecule has 11 N–H and O–H groups in total. The zero-order valence-corrected chi connectivity index (χ0v) is 73.8. The van der Waals surface area contributed by atoms with Gasteiger partial charge in [0.25, 0.3) is 0 Å². The van der Waals surface area contributed by atoms with Crippen molar-refractivity contribution in [1.29, 1.82) is 0 Å². The van der Waals surface area contributed by atoms with Crippen molar-refractivity contribution in [3.05, 3.63) is 423 Å². The highest BCUT2D eigenvalue weighted by Gasteiger charge is 2.20. The molecule has 0 saturated heterocycles. The molecule has 0 unspecified atom stereocenters. The number of nitrogens with one attached hydrogen (secondary N) is 5. The zero-order chi connectivity index (χ0) is 96.0. The molecular weight excluding hydrogens is 1740 g/mol.